The fraction of sp³-hybridized carbons (Fsp3) is 0. The zero-order valence-electron chi connectivity index (χ0n) is 4.91. The topological polar surface area (TPSA) is 52.6 Å². The second kappa shape index (κ2) is 2.74. The molecule has 1 aliphatic heterocycles. The Balaban J connectivity index is 2.60. The Labute approximate surface area is 65.9 Å². The molecule has 0 fully saturated rings. The summed E-state index contributed by atoms with van der Waals surface area (Å²) in [7, 11) is 0. The van der Waals surface area contributed by atoms with Crippen LogP contribution in [-0.2, 0) is 0 Å². The first-order chi connectivity index (χ1) is 4.70. The Bertz CT molecular complexity index is 212. The largest absolute Gasteiger partial charge is 0.463 e. The van der Waals surface area contributed by atoms with Crippen LogP contribution in [0.15, 0.2) is 23.0 Å². The highest BCUT2D eigenvalue weighted by molar-refractivity contribution is 9.11. The third kappa shape index (κ3) is 1.51. The molecule has 0 spiro atoms. The van der Waals surface area contributed by atoms with Crippen molar-refractivity contribution < 1.29 is 9.90 Å². The molecule has 0 aromatic rings. The maximum atomic E-state index is 10.2. The summed E-state index contributed by atoms with van der Waals surface area (Å²) in [5.41, 5.74) is 2.51. The normalized spacial score (nSPS) is 16.1. The van der Waals surface area contributed by atoms with E-state index in [9.17, 15) is 4.79 Å². The number of nitrogens with one attached hydrogen (secondary N) is 1. The Morgan fingerprint density at radius 2 is 2.50 bits per heavy atom. The monoisotopic (exact) mass is 204 g/mol. The van der Waals surface area contributed by atoms with Crippen molar-refractivity contribution in [2.24, 2.45) is 0 Å². The van der Waals surface area contributed by atoms with Crippen LogP contribution in [0.5, 0.6) is 0 Å². The Morgan fingerprint density at radius 1 is 1.80 bits per heavy atom. The third-order valence-electron chi connectivity index (χ3n) is 0.930. The molecule has 0 bridgehead atoms. The summed E-state index contributed by atoms with van der Waals surface area (Å²) in [6, 6.07) is 0. The van der Waals surface area contributed by atoms with E-state index in [1.807, 2.05) is 0 Å². The van der Waals surface area contributed by atoms with Gasteiger partial charge in [0.25, 0.3) is 0 Å². The van der Waals surface area contributed by atoms with Crippen molar-refractivity contribution in [3.8, 4) is 0 Å². The molecular weight excluding hydrogens is 200 g/mol. The van der Waals surface area contributed by atoms with Crippen LogP contribution in [0.1, 0.15) is 0 Å². The first kappa shape index (κ1) is 7.14. The van der Waals surface area contributed by atoms with Gasteiger partial charge in [-0.25, -0.2) is 4.79 Å². The summed E-state index contributed by atoms with van der Waals surface area (Å²) in [4.78, 5) is 10.2. The van der Waals surface area contributed by atoms with E-state index in [4.69, 9.17) is 5.11 Å². The predicted molar refractivity (Wildman–Crippen MR) is 39.1 cm³/mol. The number of carbonyl (C=O) groups is 1. The molecule has 1 rings (SSSR count). The Hall–Kier alpha value is -0.970. The van der Waals surface area contributed by atoms with E-state index in [2.05, 4.69) is 21.4 Å². The van der Waals surface area contributed by atoms with Gasteiger partial charge in [-0.1, -0.05) is 0 Å². The minimum atomic E-state index is -1.03. The summed E-state index contributed by atoms with van der Waals surface area (Å²) in [5.74, 6) is 0. The summed E-state index contributed by atoms with van der Waals surface area (Å²) < 4.78 is 0.810. The van der Waals surface area contributed by atoms with Gasteiger partial charge < -0.3 is 5.11 Å². The van der Waals surface area contributed by atoms with E-state index in [1.54, 1.807) is 6.08 Å². The minimum absolute atomic E-state index is 0.810. The first-order valence-corrected chi connectivity index (χ1v) is 3.31. The summed E-state index contributed by atoms with van der Waals surface area (Å²) in [6.07, 6.45) is 3.54. The third-order valence-corrected chi connectivity index (χ3v) is 1.42. The standard InChI is InChI=1S/C5H5BrN2O2/c6-4-1-2-8(5(9)10)7-3-4/h1-3,7H,(H,9,10). The molecule has 0 saturated heterocycles. The molecular formula is C5H5BrN2O2. The highest BCUT2D eigenvalue weighted by atomic mass is 79.9. The quantitative estimate of drug-likeness (QED) is 0.625. The number of carboxylic acid groups (broad SMARTS) is 1. The first-order valence-electron chi connectivity index (χ1n) is 2.52. The van der Waals surface area contributed by atoms with Gasteiger partial charge in [-0.3, -0.25) is 5.43 Å². The second-order valence-electron chi connectivity index (χ2n) is 1.63. The Morgan fingerprint density at radius 3 is 2.90 bits per heavy atom. The van der Waals surface area contributed by atoms with Gasteiger partial charge in [0.2, 0.25) is 0 Å². The fourth-order valence-electron chi connectivity index (χ4n) is 0.487. The molecule has 5 heteroatoms. The van der Waals surface area contributed by atoms with Crippen molar-refractivity contribution in [3.63, 3.8) is 0 Å². The van der Waals surface area contributed by atoms with Crippen LogP contribution in [0, 0.1) is 0 Å². The molecule has 0 aromatic carbocycles. The van der Waals surface area contributed by atoms with Gasteiger partial charge in [0.05, 0.1) is 0 Å². The van der Waals surface area contributed by atoms with Crippen LogP contribution in [0.25, 0.3) is 0 Å². The molecule has 0 aliphatic carbocycles. The van der Waals surface area contributed by atoms with Crippen LogP contribution in [0.2, 0.25) is 0 Å². The Kier molecular flexibility index (Phi) is 1.96. The molecule has 1 amide bonds. The molecule has 0 atom stereocenters. The maximum absolute atomic E-state index is 10.2. The van der Waals surface area contributed by atoms with Gasteiger partial charge in [0, 0.05) is 16.9 Å². The molecule has 4 nitrogen and oxygen atoms in total. The van der Waals surface area contributed by atoms with Gasteiger partial charge in [0.15, 0.2) is 0 Å². The summed E-state index contributed by atoms with van der Waals surface area (Å²) in [5, 5.41) is 9.34. The van der Waals surface area contributed by atoms with Crippen molar-refractivity contribution in [1.82, 2.24) is 10.4 Å². The average molecular weight is 205 g/mol. The molecule has 54 valence electrons. The van der Waals surface area contributed by atoms with E-state index < -0.39 is 6.09 Å². The number of allylic oxidation sites excluding steroid dienone is 2. The smallest absolute Gasteiger partial charge is 0.430 e. The summed E-state index contributed by atoms with van der Waals surface area (Å²) in [6.45, 7) is 0. The van der Waals surface area contributed by atoms with E-state index in [0.29, 0.717) is 0 Å². The predicted octanol–water partition coefficient (Wildman–Crippen LogP) is 1.23. The number of hydrogen-bond donors (Lipinski definition) is 2. The summed E-state index contributed by atoms with van der Waals surface area (Å²) >= 11 is 3.16. The van der Waals surface area contributed by atoms with Crippen LogP contribution >= 0.6 is 15.9 Å². The van der Waals surface area contributed by atoms with Crippen LogP contribution in [-0.4, -0.2) is 16.2 Å². The van der Waals surface area contributed by atoms with Crippen LogP contribution in [0.4, 0.5) is 4.79 Å². The fourth-order valence-corrected chi connectivity index (χ4v) is 0.708. The molecule has 0 radical (unpaired) electrons. The number of rotatable bonds is 0. The van der Waals surface area contributed by atoms with Crippen molar-refractivity contribution in [2.45, 2.75) is 0 Å². The zero-order chi connectivity index (χ0) is 7.56. The molecule has 0 saturated carbocycles. The lowest BCUT2D eigenvalue weighted by Gasteiger charge is -2.16. The number of hydrazine groups is 1. The number of hydrogen-bond acceptors (Lipinski definition) is 2. The van der Waals surface area contributed by atoms with Gasteiger partial charge in [-0.15, -0.1) is 0 Å². The van der Waals surface area contributed by atoms with E-state index in [1.165, 1.54) is 12.4 Å². The SMILES string of the molecule is O=C(O)N1C=CC(Br)=CN1. The van der Waals surface area contributed by atoms with Crippen molar-refractivity contribution in [3.05, 3.63) is 23.0 Å². The highest BCUT2D eigenvalue weighted by Crippen LogP contribution is 2.09. The molecule has 2 N–H and O–H groups in total. The number of amides is 1. The molecule has 0 unspecified atom stereocenters. The van der Waals surface area contributed by atoms with Crippen molar-refractivity contribution in [2.75, 3.05) is 0 Å². The second-order valence-corrected chi connectivity index (χ2v) is 2.54. The lowest BCUT2D eigenvalue weighted by Crippen LogP contribution is -2.35. The van der Waals surface area contributed by atoms with E-state index in [-0.39, 0.29) is 0 Å². The average Bonchev–Trinajstić information content (AvgIpc) is 1.88. The molecule has 10 heavy (non-hydrogen) atoms. The number of nitrogens with zero attached hydrogens (tertiary/aromatic N) is 1. The van der Waals surface area contributed by atoms with Gasteiger partial charge >= 0.3 is 6.09 Å². The van der Waals surface area contributed by atoms with E-state index in [0.717, 1.165) is 9.49 Å². The zero-order valence-corrected chi connectivity index (χ0v) is 6.50. The van der Waals surface area contributed by atoms with E-state index >= 15 is 0 Å². The van der Waals surface area contributed by atoms with Crippen LogP contribution < -0.4 is 5.43 Å². The number of halogens is 1. The van der Waals surface area contributed by atoms with Gasteiger partial charge in [-0.05, 0) is 22.0 Å². The van der Waals surface area contributed by atoms with Gasteiger partial charge in [-0.2, -0.15) is 5.01 Å². The minimum Gasteiger partial charge on any atom is -0.463 e. The maximum Gasteiger partial charge on any atom is 0.430 e. The molecule has 1 heterocycles. The lowest BCUT2D eigenvalue weighted by atomic mass is 10.5. The van der Waals surface area contributed by atoms with Crippen LogP contribution in [0.3, 0.4) is 0 Å². The van der Waals surface area contributed by atoms with Crippen molar-refractivity contribution in [1.29, 1.82) is 0 Å². The van der Waals surface area contributed by atoms with Crippen molar-refractivity contribution >= 4 is 22.0 Å². The molecule has 1 aliphatic rings. The van der Waals surface area contributed by atoms with Gasteiger partial charge in [0.1, 0.15) is 0 Å². The molecule has 0 aromatic heterocycles. The lowest BCUT2D eigenvalue weighted by molar-refractivity contribution is 0.152. The highest BCUT2D eigenvalue weighted by Gasteiger charge is 2.07.